The Balaban J connectivity index is 2.29. The van der Waals surface area contributed by atoms with Gasteiger partial charge < -0.3 is 15.4 Å². The third-order valence-corrected chi connectivity index (χ3v) is 3.50. The molecular formula is C12H27N3O. The van der Waals surface area contributed by atoms with Gasteiger partial charge in [-0.3, -0.25) is 4.90 Å². The lowest BCUT2D eigenvalue weighted by Crippen LogP contribution is -2.39. The molecule has 0 radical (unpaired) electrons. The largest absolute Gasteiger partial charge is 0.385 e. The van der Waals surface area contributed by atoms with Crippen molar-refractivity contribution in [3.8, 4) is 0 Å². The second kappa shape index (κ2) is 6.55. The van der Waals surface area contributed by atoms with Gasteiger partial charge in [0.25, 0.3) is 0 Å². The van der Waals surface area contributed by atoms with E-state index in [9.17, 15) is 0 Å². The van der Waals surface area contributed by atoms with Crippen LogP contribution in [0.25, 0.3) is 0 Å². The first kappa shape index (κ1) is 13.9. The van der Waals surface area contributed by atoms with Gasteiger partial charge in [0.15, 0.2) is 0 Å². The minimum atomic E-state index is 0.244. The van der Waals surface area contributed by atoms with Gasteiger partial charge in [-0.05, 0) is 26.4 Å². The molecule has 16 heavy (non-hydrogen) atoms. The highest BCUT2D eigenvalue weighted by molar-refractivity contribution is 4.87. The number of likely N-dealkylation sites (N-methyl/N-ethyl adjacent to an activating group) is 1. The Labute approximate surface area is 99.7 Å². The molecule has 1 saturated heterocycles. The molecule has 0 bridgehead atoms. The Morgan fingerprint density at radius 2 is 2.12 bits per heavy atom. The summed E-state index contributed by atoms with van der Waals surface area (Å²) in [7, 11) is 6.05. The van der Waals surface area contributed by atoms with Crippen molar-refractivity contribution in [3.63, 3.8) is 0 Å². The van der Waals surface area contributed by atoms with Crippen LogP contribution in [0.15, 0.2) is 0 Å². The van der Waals surface area contributed by atoms with Gasteiger partial charge in [0.1, 0.15) is 0 Å². The highest BCUT2D eigenvalue weighted by Crippen LogP contribution is 2.19. The quantitative estimate of drug-likeness (QED) is 0.708. The number of hydrogen-bond donors (Lipinski definition) is 1. The van der Waals surface area contributed by atoms with Gasteiger partial charge in [-0.25, -0.2) is 0 Å². The Morgan fingerprint density at radius 1 is 1.44 bits per heavy atom. The molecular weight excluding hydrogens is 202 g/mol. The maximum atomic E-state index is 6.07. The fourth-order valence-electron chi connectivity index (χ4n) is 2.56. The van der Waals surface area contributed by atoms with Crippen LogP contribution in [0.4, 0.5) is 0 Å². The molecule has 1 aliphatic rings. The molecule has 1 rings (SSSR count). The molecule has 4 heteroatoms. The van der Waals surface area contributed by atoms with Crippen molar-refractivity contribution in [2.75, 3.05) is 47.4 Å². The number of nitrogens with zero attached hydrogens (tertiary/aromatic N) is 2. The van der Waals surface area contributed by atoms with E-state index >= 15 is 0 Å². The van der Waals surface area contributed by atoms with Crippen LogP contribution in [0.3, 0.4) is 0 Å². The number of rotatable bonds is 6. The average Bonchev–Trinajstić information content (AvgIpc) is 2.56. The molecule has 3 atom stereocenters. The van der Waals surface area contributed by atoms with E-state index in [1.807, 2.05) is 0 Å². The smallest absolute Gasteiger partial charge is 0.0477 e. The molecule has 0 aromatic rings. The van der Waals surface area contributed by atoms with E-state index in [1.54, 1.807) is 7.11 Å². The molecule has 1 fully saturated rings. The summed E-state index contributed by atoms with van der Waals surface area (Å²) in [5.74, 6) is 0.740. The van der Waals surface area contributed by atoms with E-state index < -0.39 is 0 Å². The van der Waals surface area contributed by atoms with E-state index in [4.69, 9.17) is 10.5 Å². The SMILES string of the molecule is COCCC(N)CN1CC(C)C(N(C)C)C1. The van der Waals surface area contributed by atoms with Crippen molar-refractivity contribution in [3.05, 3.63) is 0 Å². The fraction of sp³-hybridized carbons (Fsp3) is 1.00. The molecule has 0 aliphatic carbocycles. The maximum absolute atomic E-state index is 6.07. The van der Waals surface area contributed by atoms with Crippen molar-refractivity contribution in [1.29, 1.82) is 0 Å². The zero-order chi connectivity index (χ0) is 12.1. The topological polar surface area (TPSA) is 41.7 Å². The zero-order valence-corrected chi connectivity index (χ0v) is 11.1. The lowest BCUT2D eigenvalue weighted by molar-refractivity contribution is 0.178. The van der Waals surface area contributed by atoms with Crippen LogP contribution in [0.5, 0.6) is 0 Å². The average molecular weight is 229 g/mol. The van der Waals surface area contributed by atoms with Crippen LogP contribution in [0, 0.1) is 5.92 Å². The summed E-state index contributed by atoms with van der Waals surface area (Å²) in [4.78, 5) is 4.81. The third kappa shape index (κ3) is 4.01. The maximum Gasteiger partial charge on any atom is 0.0477 e. The predicted molar refractivity (Wildman–Crippen MR) is 67.5 cm³/mol. The van der Waals surface area contributed by atoms with E-state index in [2.05, 4.69) is 30.8 Å². The molecule has 96 valence electrons. The van der Waals surface area contributed by atoms with Gasteiger partial charge in [0.05, 0.1) is 0 Å². The normalized spacial score (nSPS) is 28.9. The Morgan fingerprint density at radius 3 is 2.62 bits per heavy atom. The lowest BCUT2D eigenvalue weighted by atomic mass is 10.1. The number of likely N-dealkylation sites (tertiary alicyclic amines) is 1. The van der Waals surface area contributed by atoms with E-state index in [1.165, 1.54) is 6.54 Å². The Kier molecular flexibility index (Phi) is 5.69. The molecule has 2 N–H and O–H groups in total. The van der Waals surface area contributed by atoms with Crippen molar-refractivity contribution in [1.82, 2.24) is 9.80 Å². The summed E-state index contributed by atoms with van der Waals surface area (Å²) in [6.07, 6.45) is 0.952. The van der Waals surface area contributed by atoms with E-state index in [0.717, 1.165) is 32.0 Å². The molecule has 1 heterocycles. The summed E-state index contributed by atoms with van der Waals surface area (Å²) in [6.45, 7) is 6.41. The standard InChI is InChI=1S/C12H27N3O/c1-10-7-15(9-12(10)14(2)3)8-11(13)5-6-16-4/h10-12H,5-9,13H2,1-4H3. The highest BCUT2D eigenvalue weighted by Gasteiger charge is 2.31. The highest BCUT2D eigenvalue weighted by atomic mass is 16.5. The number of hydrogen-bond acceptors (Lipinski definition) is 4. The summed E-state index contributed by atoms with van der Waals surface area (Å²) >= 11 is 0. The molecule has 0 spiro atoms. The predicted octanol–water partition coefficient (Wildman–Crippen LogP) is 0.232. The fourth-order valence-corrected chi connectivity index (χ4v) is 2.56. The first-order valence-corrected chi connectivity index (χ1v) is 6.18. The van der Waals surface area contributed by atoms with E-state index in [0.29, 0.717) is 6.04 Å². The number of methoxy groups -OCH3 is 1. The second-order valence-corrected chi connectivity index (χ2v) is 5.27. The van der Waals surface area contributed by atoms with Gasteiger partial charge in [-0.15, -0.1) is 0 Å². The minimum Gasteiger partial charge on any atom is -0.385 e. The van der Waals surface area contributed by atoms with Crippen molar-refractivity contribution in [2.45, 2.75) is 25.4 Å². The van der Waals surface area contributed by atoms with Gasteiger partial charge >= 0.3 is 0 Å². The number of ether oxygens (including phenoxy) is 1. The van der Waals surface area contributed by atoms with Crippen LogP contribution >= 0.6 is 0 Å². The zero-order valence-electron chi connectivity index (χ0n) is 11.1. The number of nitrogens with two attached hydrogens (primary N) is 1. The van der Waals surface area contributed by atoms with Crippen LogP contribution in [0.2, 0.25) is 0 Å². The minimum absolute atomic E-state index is 0.244. The first-order valence-electron chi connectivity index (χ1n) is 6.18. The monoisotopic (exact) mass is 229 g/mol. The Bertz CT molecular complexity index is 199. The molecule has 0 amide bonds. The molecule has 0 aromatic carbocycles. The summed E-state index contributed by atoms with van der Waals surface area (Å²) in [5, 5.41) is 0. The van der Waals surface area contributed by atoms with Crippen molar-refractivity contribution >= 4 is 0 Å². The van der Waals surface area contributed by atoms with Gasteiger partial charge in [-0.1, -0.05) is 6.92 Å². The van der Waals surface area contributed by atoms with Crippen LogP contribution in [0.1, 0.15) is 13.3 Å². The van der Waals surface area contributed by atoms with Crippen LogP contribution in [-0.4, -0.2) is 69.3 Å². The van der Waals surface area contributed by atoms with Gasteiger partial charge in [0, 0.05) is 45.4 Å². The molecule has 1 aliphatic heterocycles. The molecule has 4 nitrogen and oxygen atoms in total. The summed E-state index contributed by atoms with van der Waals surface area (Å²) < 4.78 is 5.05. The molecule has 0 aromatic heterocycles. The lowest BCUT2D eigenvalue weighted by Gasteiger charge is -2.23. The molecule has 3 unspecified atom stereocenters. The van der Waals surface area contributed by atoms with E-state index in [-0.39, 0.29) is 6.04 Å². The third-order valence-electron chi connectivity index (χ3n) is 3.50. The van der Waals surface area contributed by atoms with Crippen LogP contribution in [-0.2, 0) is 4.74 Å². The van der Waals surface area contributed by atoms with Crippen molar-refractivity contribution in [2.24, 2.45) is 11.7 Å². The van der Waals surface area contributed by atoms with Gasteiger partial charge in [-0.2, -0.15) is 0 Å². The van der Waals surface area contributed by atoms with Crippen molar-refractivity contribution < 1.29 is 4.74 Å². The second-order valence-electron chi connectivity index (χ2n) is 5.27. The van der Waals surface area contributed by atoms with Gasteiger partial charge in [0.2, 0.25) is 0 Å². The first-order chi connectivity index (χ1) is 7.54. The Hall–Kier alpha value is -0.160. The molecule has 0 saturated carbocycles. The summed E-state index contributed by atoms with van der Waals surface area (Å²) in [6, 6.07) is 0.919. The summed E-state index contributed by atoms with van der Waals surface area (Å²) in [5.41, 5.74) is 6.07. The van der Waals surface area contributed by atoms with Crippen LogP contribution < -0.4 is 5.73 Å².